The molecule has 0 atom stereocenters. The third kappa shape index (κ3) is 1.54. The van der Waals surface area contributed by atoms with Gasteiger partial charge in [-0.25, -0.2) is 0 Å². The summed E-state index contributed by atoms with van der Waals surface area (Å²) in [6.45, 7) is 3.94. The molecule has 1 aliphatic rings. The summed E-state index contributed by atoms with van der Waals surface area (Å²) in [7, 11) is 0. The molecule has 68 valence electrons. The quantitative estimate of drug-likeness (QED) is 0.659. The highest BCUT2D eigenvalue weighted by Gasteiger charge is 2.12. The van der Waals surface area contributed by atoms with Crippen LogP contribution in [0.2, 0.25) is 0 Å². The van der Waals surface area contributed by atoms with Crippen LogP contribution < -0.4 is 0 Å². The number of nitrogens with zero attached hydrogens (tertiary/aromatic N) is 2. The van der Waals surface area contributed by atoms with Crippen molar-refractivity contribution in [3.05, 3.63) is 29.4 Å². The first-order chi connectivity index (χ1) is 6.27. The summed E-state index contributed by atoms with van der Waals surface area (Å²) in [6, 6.07) is 0. The van der Waals surface area contributed by atoms with E-state index >= 15 is 0 Å². The molecule has 0 unspecified atom stereocenters. The van der Waals surface area contributed by atoms with Crippen molar-refractivity contribution in [2.75, 3.05) is 0 Å². The molecule has 1 heterocycles. The molecule has 2 rings (SSSR count). The van der Waals surface area contributed by atoms with Crippen LogP contribution in [0.4, 0.5) is 0 Å². The lowest BCUT2D eigenvalue weighted by molar-refractivity contribution is 0.403. The summed E-state index contributed by atoms with van der Waals surface area (Å²) < 4.78 is 5.10. The Kier molecular flexibility index (Phi) is 2.00. The van der Waals surface area contributed by atoms with Crippen molar-refractivity contribution in [3.63, 3.8) is 0 Å². The predicted molar refractivity (Wildman–Crippen MR) is 50.0 cm³/mol. The minimum atomic E-state index is 0.644. The molecule has 0 saturated heterocycles. The van der Waals surface area contributed by atoms with Crippen molar-refractivity contribution in [2.24, 2.45) is 0 Å². The Bertz CT molecular complexity index is 374. The van der Waals surface area contributed by atoms with Gasteiger partial charge < -0.3 is 4.52 Å². The van der Waals surface area contributed by atoms with E-state index in [9.17, 15) is 0 Å². The lowest BCUT2D eigenvalue weighted by Crippen LogP contribution is -1.91. The van der Waals surface area contributed by atoms with Gasteiger partial charge in [-0.3, -0.25) is 0 Å². The van der Waals surface area contributed by atoms with Gasteiger partial charge in [-0.05, 0) is 26.7 Å². The fourth-order valence-corrected chi connectivity index (χ4v) is 1.44. The Hall–Kier alpha value is -1.38. The lowest BCUT2D eigenvalue weighted by Gasteiger charge is -2.07. The van der Waals surface area contributed by atoms with Crippen LogP contribution in [0.25, 0.3) is 5.57 Å². The zero-order chi connectivity index (χ0) is 9.26. The minimum Gasteiger partial charge on any atom is -0.334 e. The lowest BCUT2D eigenvalue weighted by atomic mass is 9.99. The topological polar surface area (TPSA) is 38.9 Å². The molecular weight excluding hydrogens is 164 g/mol. The van der Waals surface area contributed by atoms with Gasteiger partial charge in [0.25, 0.3) is 5.89 Å². The number of allylic oxidation sites excluding steroid dienone is 4. The van der Waals surface area contributed by atoms with Gasteiger partial charge in [0.15, 0.2) is 5.82 Å². The molecule has 3 heteroatoms. The Morgan fingerprint density at radius 2 is 2.23 bits per heavy atom. The summed E-state index contributed by atoms with van der Waals surface area (Å²) >= 11 is 0. The first-order valence-electron chi connectivity index (χ1n) is 4.44. The molecule has 0 N–H and O–H groups in total. The van der Waals surface area contributed by atoms with E-state index in [0.29, 0.717) is 11.7 Å². The van der Waals surface area contributed by atoms with E-state index in [1.54, 1.807) is 0 Å². The molecule has 0 aliphatic heterocycles. The summed E-state index contributed by atoms with van der Waals surface area (Å²) in [6.07, 6.45) is 6.41. The van der Waals surface area contributed by atoms with Crippen LogP contribution in [-0.4, -0.2) is 10.1 Å². The third-order valence-electron chi connectivity index (χ3n) is 2.19. The van der Waals surface area contributed by atoms with Crippen molar-refractivity contribution < 1.29 is 4.52 Å². The molecule has 0 saturated carbocycles. The fourth-order valence-electron chi connectivity index (χ4n) is 1.44. The molecular formula is C10H12N2O. The zero-order valence-corrected chi connectivity index (χ0v) is 7.87. The molecule has 0 amide bonds. The van der Waals surface area contributed by atoms with Gasteiger partial charge in [0.2, 0.25) is 0 Å². The van der Waals surface area contributed by atoms with Crippen LogP contribution in [0, 0.1) is 6.92 Å². The SMILES string of the molecule is CC1=C(c2nc(C)no2)C=CCC1. The molecule has 1 aromatic rings. The average Bonchev–Trinajstić information content (AvgIpc) is 2.53. The number of aromatic nitrogens is 2. The van der Waals surface area contributed by atoms with Crippen LogP contribution in [0.3, 0.4) is 0 Å². The summed E-state index contributed by atoms with van der Waals surface area (Å²) in [4.78, 5) is 4.20. The average molecular weight is 176 g/mol. The van der Waals surface area contributed by atoms with Crippen LogP contribution in [-0.2, 0) is 0 Å². The highest BCUT2D eigenvalue weighted by Crippen LogP contribution is 2.25. The Morgan fingerprint density at radius 3 is 2.85 bits per heavy atom. The smallest absolute Gasteiger partial charge is 0.257 e. The van der Waals surface area contributed by atoms with Gasteiger partial charge in [-0.15, -0.1) is 0 Å². The second-order valence-electron chi connectivity index (χ2n) is 3.28. The second-order valence-corrected chi connectivity index (χ2v) is 3.28. The largest absolute Gasteiger partial charge is 0.334 e. The van der Waals surface area contributed by atoms with E-state index in [4.69, 9.17) is 4.52 Å². The number of aryl methyl sites for hydroxylation is 1. The van der Waals surface area contributed by atoms with E-state index < -0.39 is 0 Å². The fraction of sp³-hybridized carbons (Fsp3) is 0.400. The number of hydrogen-bond acceptors (Lipinski definition) is 3. The van der Waals surface area contributed by atoms with Gasteiger partial charge >= 0.3 is 0 Å². The Labute approximate surface area is 77.2 Å². The molecule has 0 spiro atoms. The first kappa shape index (κ1) is 8.23. The first-order valence-corrected chi connectivity index (χ1v) is 4.44. The predicted octanol–water partition coefficient (Wildman–Crippen LogP) is 2.50. The summed E-state index contributed by atoms with van der Waals surface area (Å²) in [5.41, 5.74) is 2.41. The van der Waals surface area contributed by atoms with Crippen molar-refractivity contribution in [1.29, 1.82) is 0 Å². The Morgan fingerprint density at radius 1 is 1.38 bits per heavy atom. The van der Waals surface area contributed by atoms with E-state index in [-0.39, 0.29) is 0 Å². The molecule has 1 aliphatic carbocycles. The molecule has 0 fully saturated rings. The van der Waals surface area contributed by atoms with Crippen molar-refractivity contribution in [2.45, 2.75) is 26.7 Å². The molecule has 13 heavy (non-hydrogen) atoms. The maximum atomic E-state index is 5.10. The van der Waals surface area contributed by atoms with Gasteiger partial charge in [0.05, 0.1) is 0 Å². The van der Waals surface area contributed by atoms with Gasteiger partial charge in [-0.2, -0.15) is 4.98 Å². The number of hydrogen-bond donors (Lipinski definition) is 0. The molecule has 3 nitrogen and oxygen atoms in total. The van der Waals surface area contributed by atoms with E-state index in [2.05, 4.69) is 29.2 Å². The normalized spacial score (nSPS) is 16.8. The maximum absolute atomic E-state index is 5.10. The van der Waals surface area contributed by atoms with Gasteiger partial charge in [0, 0.05) is 5.57 Å². The van der Waals surface area contributed by atoms with Crippen molar-refractivity contribution in [1.82, 2.24) is 10.1 Å². The maximum Gasteiger partial charge on any atom is 0.257 e. The second kappa shape index (κ2) is 3.17. The van der Waals surface area contributed by atoms with E-state index in [1.807, 2.05) is 6.92 Å². The van der Waals surface area contributed by atoms with Crippen molar-refractivity contribution in [3.8, 4) is 0 Å². The molecule has 0 aromatic carbocycles. The van der Waals surface area contributed by atoms with E-state index in [0.717, 1.165) is 18.4 Å². The highest BCUT2D eigenvalue weighted by molar-refractivity contribution is 5.72. The Balaban J connectivity index is 2.40. The molecule has 0 bridgehead atoms. The standard InChI is InChI=1S/C10H12N2O/c1-7-5-3-4-6-9(7)10-11-8(2)12-13-10/h4,6H,3,5H2,1-2H3. The van der Waals surface area contributed by atoms with Crippen molar-refractivity contribution >= 4 is 5.57 Å². The molecule has 1 aromatic heterocycles. The van der Waals surface area contributed by atoms with Crippen LogP contribution in [0.15, 0.2) is 22.2 Å². The van der Waals surface area contributed by atoms with Crippen LogP contribution in [0.5, 0.6) is 0 Å². The monoisotopic (exact) mass is 176 g/mol. The highest BCUT2D eigenvalue weighted by atomic mass is 16.5. The van der Waals surface area contributed by atoms with Gasteiger partial charge in [-0.1, -0.05) is 22.9 Å². The van der Waals surface area contributed by atoms with Crippen LogP contribution in [0.1, 0.15) is 31.5 Å². The third-order valence-corrected chi connectivity index (χ3v) is 2.19. The van der Waals surface area contributed by atoms with E-state index in [1.165, 1.54) is 5.57 Å². The van der Waals surface area contributed by atoms with Crippen LogP contribution >= 0.6 is 0 Å². The number of rotatable bonds is 1. The minimum absolute atomic E-state index is 0.644. The zero-order valence-electron chi connectivity index (χ0n) is 7.87. The summed E-state index contributed by atoms with van der Waals surface area (Å²) in [5, 5.41) is 3.77. The summed E-state index contributed by atoms with van der Waals surface area (Å²) in [5.74, 6) is 1.33. The van der Waals surface area contributed by atoms with Gasteiger partial charge in [0.1, 0.15) is 0 Å². The molecule has 0 radical (unpaired) electrons.